The molecular formula is C22H28N6O3S. The highest BCUT2D eigenvalue weighted by atomic mass is 32.1. The van der Waals surface area contributed by atoms with Crippen LogP contribution in [-0.4, -0.2) is 58.4 Å². The number of ether oxygens (including phenoxy) is 1. The van der Waals surface area contributed by atoms with Gasteiger partial charge in [0, 0.05) is 44.8 Å². The van der Waals surface area contributed by atoms with Crippen molar-refractivity contribution in [3.8, 4) is 17.3 Å². The van der Waals surface area contributed by atoms with Crippen LogP contribution in [-0.2, 0) is 18.0 Å². The molecule has 2 aromatic heterocycles. The maximum Gasteiger partial charge on any atom is 0.219 e. The highest BCUT2D eigenvalue weighted by Gasteiger charge is 2.20. The fraction of sp³-hybridized carbons (Fsp3) is 0.409. The Morgan fingerprint density at radius 3 is 2.69 bits per heavy atom. The fourth-order valence-electron chi connectivity index (χ4n) is 3.90. The standard InChI is InChI=1S/C22H28N6O3S/c1-30-18-7-5-17(6-8-18)26-11-3-10-25(13-14-26)16-28-22(32)27(12-9-20(23)29)21(24-28)19-4-2-15-31-19/h2,4-8,15H,3,9-14,16H2,1H3,(H2,23,29). The third-order valence-corrected chi connectivity index (χ3v) is 6.04. The minimum absolute atomic E-state index is 0.189. The number of carbonyl (C=O) groups excluding carboxylic acids is 1. The zero-order chi connectivity index (χ0) is 22.5. The molecule has 0 aliphatic carbocycles. The number of nitrogens with two attached hydrogens (primary N) is 1. The quantitative estimate of drug-likeness (QED) is 0.521. The molecular weight excluding hydrogens is 428 g/mol. The Bertz CT molecular complexity index is 1090. The molecule has 3 aromatic rings. The summed E-state index contributed by atoms with van der Waals surface area (Å²) in [6.45, 7) is 4.67. The van der Waals surface area contributed by atoms with Crippen LogP contribution in [0.2, 0.25) is 0 Å². The zero-order valence-electron chi connectivity index (χ0n) is 18.1. The summed E-state index contributed by atoms with van der Waals surface area (Å²) in [7, 11) is 1.68. The van der Waals surface area contributed by atoms with Gasteiger partial charge in [-0.15, -0.1) is 5.10 Å². The summed E-state index contributed by atoms with van der Waals surface area (Å²) >= 11 is 5.69. The number of primary amides is 1. The fourth-order valence-corrected chi connectivity index (χ4v) is 4.17. The minimum atomic E-state index is -0.379. The molecule has 0 bridgehead atoms. The summed E-state index contributed by atoms with van der Waals surface area (Å²) in [5.41, 5.74) is 6.55. The van der Waals surface area contributed by atoms with Gasteiger partial charge in [-0.3, -0.25) is 14.3 Å². The molecule has 1 amide bonds. The van der Waals surface area contributed by atoms with E-state index in [1.807, 2.05) is 22.8 Å². The van der Waals surface area contributed by atoms with Crippen molar-refractivity contribution in [3.05, 3.63) is 47.4 Å². The predicted molar refractivity (Wildman–Crippen MR) is 124 cm³/mol. The van der Waals surface area contributed by atoms with Gasteiger partial charge in [0.05, 0.1) is 20.0 Å². The molecule has 1 aliphatic rings. The summed E-state index contributed by atoms with van der Waals surface area (Å²) in [6, 6.07) is 11.8. The second kappa shape index (κ2) is 10.0. The van der Waals surface area contributed by atoms with Gasteiger partial charge in [0.15, 0.2) is 16.4 Å². The van der Waals surface area contributed by atoms with Crippen molar-refractivity contribution < 1.29 is 13.9 Å². The van der Waals surface area contributed by atoms with Crippen molar-refractivity contribution in [1.82, 2.24) is 19.2 Å². The Morgan fingerprint density at radius 2 is 2.00 bits per heavy atom. The second-order valence-corrected chi connectivity index (χ2v) is 8.11. The maximum absolute atomic E-state index is 11.3. The first-order chi connectivity index (χ1) is 15.5. The lowest BCUT2D eigenvalue weighted by atomic mass is 10.2. The summed E-state index contributed by atoms with van der Waals surface area (Å²) in [4.78, 5) is 16.1. The highest BCUT2D eigenvalue weighted by Crippen LogP contribution is 2.22. The number of rotatable bonds is 8. The Morgan fingerprint density at radius 1 is 1.19 bits per heavy atom. The van der Waals surface area contributed by atoms with Crippen LogP contribution in [0, 0.1) is 4.77 Å². The lowest BCUT2D eigenvalue weighted by Gasteiger charge is -2.23. The van der Waals surface area contributed by atoms with Gasteiger partial charge in [-0.25, -0.2) is 4.68 Å². The van der Waals surface area contributed by atoms with Gasteiger partial charge >= 0.3 is 0 Å². The molecule has 3 heterocycles. The average Bonchev–Trinajstić information content (AvgIpc) is 3.36. The SMILES string of the molecule is COc1ccc(N2CCCN(Cn3nc(-c4ccco4)n(CCC(N)=O)c3=S)CC2)cc1. The predicted octanol–water partition coefficient (Wildman–Crippen LogP) is 2.73. The van der Waals surface area contributed by atoms with Crippen LogP contribution >= 0.6 is 12.2 Å². The first-order valence-electron chi connectivity index (χ1n) is 10.7. The molecule has 0 radical (unpaired) electrons. The van der Waals surface area contributed by atoms with Gasteiger partial charge in [-0.05, 0) is 55.0 Å². The van der Waals surface area contributed by atoms with Gasteiger partial charge in [0.25, 0.3) is 0 Å². The van der Waals surface area contributed by atoms with Crippen LogP contribution in [0.15, 0.2) is 47.1 Å². The zero-order valence-corrected chi connectivity index (χ0v) is 19.0. The Kier molecular flexibility index (Phi) is 6.91. The van der Waals surface area contributed by atoms with E-state index in [2.05, 4.69) is 21.9 Å². The number of hydrogen-bond acceptors (Lipinski definition) is 7. The van der Waals surface area contributed by atoms with Crippen LogP contribution in [0.1, 0.15) is 12.8 Å². The molecule has 9 nitrogen and oxygen atoms in total. The molecule has 4 rings (SSSR count). The molecule has 170 valence electrons. The number of furan rings is 1. The number of aromatic nitrogens is 3. The summed E-state index contributed by atoms with van der Waals surface area (Å²) in [6.07, 6.45) is 2.82. The van der Waals surface area contributed by atoms with Crippen LogP contribution in [0.4, 0.5) is 5.69 Å². The van der Waals surface area contributed by atoms with Crippen LogP contribution in [0.5, 0.6) is 5.75 Å². The number of anilines is 1. The molecule has 1 saturated heterocycles. The third kappa shape index (κ3) is 5.03. The topological polar surface area (TPSA) is 94.7 Å². The highest BCUT2D eigenvalue weighted by molar-refractivity contribution is 7.71. The number of carbonyl (C=O) groups is 1. The number of amides is 1. The van der Waals surface area contributed by atoms with Gasteiger partial charge in [0.1, 0.15) is 5.75 Å². The lowest BCUT2D eigenvalue weighted by Crippen LogP contribution is -2.32. The van der Waals surface area contributed by atoms with Crippen LogP contribution in [0.3, 0.4) is 0 Å². The molecule has 32 heavy (non-hydrogen) atoms. The van der Waals surface area contributed by atoms with Gasteiger partial charge in [-0.1, -0.05) is 0 Å². The summed E-state index contributed by atoms with van der Waals surface area (Å²) in [5, 5.41) is 4.71. The van der Waals surface area contributed by atoms with E-state index < -0.39 is 0 Å². The van der Waals surface area contributed by atoms with E-state index >= 15 is 0 Å². The summed E-state index contributed by atoms with van der Waals surface area (Å²) in [5.74, 6) is 1.70. The van der Waals surface area contributed by atoms with Crippen molar-refractivity contribution in [2.45, 2.75) is 26.1 Å². The van der Waals surface area contributed by atoms with Crippen molar-refractivity contribution in [2.24, 2.45) is 5.73 Å². The van der Waals surface area contributed by atoms with Gasteiger partial charge in [-0.2, -0.15) is 0 Å². The Labute approximate surface area is 192 Å². The molecule has 2 N–H and O–H groups in total. The third-order valence-electron chi connectivity index (χ3n) is 5.61. The largest absolute Gasteiger partial charge is 0.497 e. The first kappa shape index (κ1) is 22.1. The summed E-state index contributed by atoms with van der Waals surface area (Å²) < 4.78 is 15.0. The number of benzene rings is 1. The average molecular weight is 457 g/mol. The van der Waals surface area contributed by atoms with E-state index in [9.17, 15) is 4.79 Å². The van der Waals surface area contributed by atoms with E-state index in [0.717, 1.165) is 38.3 Å². The molecule has 1 fully saturated rings. The van der Waals surface area contributed by atoms with E-state index in [1.54, 1.807) is 24.1 Å². The normalized spacial score (nSPS) is 15.0. The lowest BCUT2D eigenvalue weighted by molar-refractivity contribution is -0.118. The maximum atomic E-state index is 11.3. The van der Waals surface area contributed by atoms with E-state index in [4.69, 9.17) is 32.2 Å². The van der Waals surface area contributed by atoms with Crippen LogP contribution in [0.25, 0.3) is 11.6 Å². The minimum Gasteiger partial charge on any atom is -0.497 e. The molecule has 1 aliphatic heterocycles. The van der Waals surface area contributed by atoms with Gasteiger partial charge < -0.3 is 19.8 Å². The van der Waals surface area contributed by atoms with E-state index in [0.29, 0.717) is 29.6 Å². The van der Waals surface area contributed by atoms with E-state index in [-0.39, 0.29) is 12.3 Å². The van der Waals surface area contributed by atoms with Crippen molar-refractivity contribution in [3.63, 3.8) is 0 Å². The molecule has 0 spiro atoms. The van der Waals surface area contributed by atoms with Crippen LogP contribution < -0.4 is 15.4 Å². The molecule has 1 aromatic carbocycles. The number of methoxy groups -OCH3 is 1. The molecule has 10 heteroatoms. The Hall–Kier alpha value is -3.11. The smallest absolute Gasteiger partial charge is 0.219 e. The van der Waals surface area contributed by atoms with Crippen molar-refractivity contribution in [2.75, 3.05) is 38.2 Å². The molecule has 0 unspecified atom stereocenters. The number of nitrogens with zero attached hydrogens (tertiary/aromatic N) is 5. The monoisotopic (exact) mass is 456 g/mol. The molecule has 0 atom stereocenters. The van der Waals surface area contributed by atoms with Gasteiger partial charge in [0.2, 0.25) is 5.91 Å². The Balaban J connectivity index is 1.48. The number of hydrogen-bond donors (Lipinski definition) is 1. The van der Waals surface area contributed by atoms with Crippen molar-refractivity contribution in [1.29, 1.82) is 0 Å². The second-order valence-electron chi connectivity index (χ2n) is 7.75. The van der Waals surface area contributed by atoms with Crippen molar-refractivity contribution >= 4 is 23.8 Å². The van der Waals surface area contributed by atoms with E-state index in [1.165, 1.54) is 5.69 Å². The first-order valence-corrected chi connectivity index (χ1v) is 11.1. The molecule has 0 saturated carbocycles.